The molecule has 2 heterocycles. The number of rotatable bonds is 6. The van der Waals surface area contributed by atoms with Crippen molar-refractivity contribution < 1.29 is 9.53 Å². The lowest BCUT2D eigenvalue weighted by Crippen LogP contribution is -2.59. The Bertz CT molecular complexity index is 637. The summed E-state index contributed by atoms with van der Waals surface area (Å²) >= 11 is 0. The molecule has 3 rings (SSSR count). The minimum absolute atomic E-state index is 0.0554. The highest BCUT2D eigenvalue weighted by molar-refractivity contribution is 5.79. The molecular weight excluding hydrogens is 290 g/mol. The Morgan fingerprint density at radius 2 is 2.04 bits per heavy atom. The fourth-order valence-corrected chi connectivity index (χ4v) is 2.63. The fraction of sp³-hybridized carbons (Fsp3) is 0.333. The number of hydrogen-bond donors (Lipinski definition) is 1. The van der Waals surface area contributed by atoms with Crippen LogP contribution in [0.5, 0.6) is 5.75 Å². The van der Waals surface area contributed by atoms with E-state index in [2.05, 4.69) is 15.2 Å². The lowest BCUT2D eigenvalue weighted by atomic mass is 10.1. The number of nitrogens with zero attached hydrogens (tertiary/aromatic N) is 2. The summed E-state index contributed by atoms with van der Waals surface area (Å²) in [6.07, 6.45) is 2.18. The monoisotopic (exact) mass is 311 g/mol. The molecule has 5 heteroatoms. The van der Waals surface area contributed by atoms with Crippen molar-refractivity contribution >= 4 is 11.7 Å². The standard InChI is InChI=1S/C18H21N3O2/c1-2-23-16-8-6-14(7-9-16)11-18(22)20-15-12-21(13-15)17-5-3-4-10-19-17/h3-10,15H,2,11-13H2,1H3,(H,20,22). The predicted octanol–water partition coefficient (Wildman–Crippen LogP) is 2.03. The Labute approximate surface area is 136 Å². The minimum atomic E-state index is 0.0554. The van der Waals surface area contributed by atoms with Crippen molar-refractivity contribution in [3.8, 4) is 5.75 Å². The first-order valence-electron chi connectivity index (χ1n) is 7.91. The molecule has 0 bridgehead atoms. The fourth-order valence-electron chi connectivity index (χ4n) is 2.63. The smallest absolute Gasteiger partial charge is 0.224 e. The maximum atomic E-state index is 12.1. The van der Waals surface area contributed by atoms with E-state index in [0.717, 1.165) is 30.2 Å². The number of hydrogen-bond acceptors (Lipinski definition) is 4. The van der Waals surface area contributed by atoms with Crippen LogP contribution in [0.1, 0.15) is 12.5 Å². The van der Waals surface area contributed by atoms with Gasteiger partial charge in [-0.3, -0.25) is 4.79 Å². The lowest BCUT2D eigenvalue weighted by molar-refractivity contribution is -0.121. The van der Waals surface area contributed by atoms with Crippen LogP contribution in [0.4, 0.5) is 5.82 Å². The molecule has 1 aliphatic rings. The Kier molecular flexibility index (Phi) is 4.76. The zero-order valence-electron chi connectivity index (χ0n) is 13.2. The Morgan fingerprint density at radius 1 is 1.26 bits per heavy atom. The maximum Gasteiger partial charge on any atom is 0.224 e. The van der Waals surface area contributed by atoms with Gasteiger partial charge >= 0.3 is 0 Å². The number of carbonyl (C=O) groups is 1. The van der Waals surface area contributed by atoms with Gasteiger partial charge in [0, 0.05) is 19.3 Å². The summed E-state index contributed by atoms with van der Waals surface area (Å²) in [6, 6.07) is 13.7. The average Bonchev–Trinajstić information content (AvgIpc) is 2.53. The summed E-state index contributed by atoms with van der Waals surface area (Å²) in [5.74, 6) is 1.85. The molecule has 2 aromatic rings. The molecule has 1 fully saturated rings. The van der Waals surface area contributed by atoms with Gasteiger partial charge in [-0.25, -0.2) is 4.98 Å². The molecule has 1 aromatic heterocycles. The number of anilines is 1. The van der Waals surface area contributed by atoms with E-state index in [1.807, 2.05) is 49.4 Å². The van der Waals surface area contributed by atoms with Crippen molar-refractivity contribution in [3.05, 3.63) is 54.2 Å². The first kappa shape index (κ1) is 15.3. The topological polar surface area (TPSA) is 54.5 Å². The Morgan fingerprint density at radius 3 is 2.70 bits per heavy atom. The van der Waals surface area contributed by atoms with E-state index in [1.54, 1.807) is 6.20 Å². The normalized spacial score (nSPS) is 14.2. The maximum absolute atomic E-state index is 12.1. The van der Waals surface area contributed by atoms with Crippen molar-refractivity contribution in [1.29, 1.82) is 0 Å². The molecule has 0 atom stereocenters. The third kappa shape index (κ3) is 4.00. The zero-order chi connectivity index (χ0) is 16.1. The summed E-state index contributed by atoms with van der Waals surface area (Å²) in [6.45, 7) is 4.22. The van der Waals surface area contributed by atoms with Gasteiger partial charge in [-0.15, -0.1) is 0 Å². The number of ether oxygens (including phenoxy) is 1. The highest BCUT2D eigenvalue weighted by Crippen LogP contribution is 2.17. The number of carbonyl (C=O) groups excluding carboxylic acids is 1. The first-order valence-corrected chi connectivity index (χ1v) is 7.91. The molecule has 23 heavy (non-hydrogen) atoms. The van der Waals surface area contributed by atoms with Crippen LogP contribution in [0.2, 0.25) is 0 Å². The molecule has 1 saturated heterocycles. The van der Waals surface area contributed by atoms with Crippen LogP contribution in [-0.4, -0.2) is 36.6 Å². The van der Waals surface area contributed by atoms with Crippen molar-refractivity contribution in [2.45, 2.75) is 19.4 Å². The molecule has 120 valence electrons. The second-order valence-corrected chi connectivity index (χ2v) is 5.61. The minimum Gasteiger partial charge on any atom is -0.494 e. The number of amides is 1. The van der Waals surface area contributed by atoms with E-state index in [1.165, 1.54) is 0 Å². The van der Waals surface area contributed by atoms with Crippen LogP contribution in [-0.2, 0) is 11.2 Å². The molecule has 1 amide bonds. The van der Waals surface area contributed by atoms with Crippen LogP contribution in [0.3, 0.4) is 0 Å². The summed E-state index contributed by atoms with van der Waals surface area (Å²) in [7, 11) is 0. The molecular formula is C18H21N3O2. The third-order valence-electron chi connectivity index (χ3n) is 3.82. The van der Waals surface area contributed by atoms with Gasteiger partial charge in [0.05, 0.1) is 19.1 Å². The SMILES string of the molecule is CCOc1ccc(CC(=O)NC2CN(c3ccccn3)C2)cc1. The van der Waals surface area contributed by atoms with Gasteiger partial charge in [-0.05, 0) is 36.8 Å². The predicted molar refractivity (Wildman–Crippen MR) is 89.7 cm³/mol. The molecule has 0 aliphatic carbocycles. The molecule has 1 aliphatic heterocycles. The van der Waals surface area contributed by atoms with Gasteiger partial charge in [0.1, 0.15) is 11.6 Å². The van der Waals surface area contributed by atoms with E-state index < -0.39 is 0 Å². The van der Waals surface area contributed by atoms with E-state index in [4.69, 9.17) is 4.74 Å². The molecule has 0 unspecified atom stereocenters. The van der Waals surface area contributed by atoms with Crippen molar-refractivity contribution in [2.24, 2.45) is 0 Å². The quantitative estimate of drug-likeness (QED) is 0.887. The third-order valence-corrected chi connectivity index (χ3v) is 3.82. The molecule has 0 spiro atoms. The zero-order valence-corrected chi connectivity index (χ0v) is 13.2. The van der Waals surface area contributed by atoms with E-state index >= 15 is 0 Å². The summed E-state index contributed by atoms with van der Waals surface area (Å²) in [5.41, 5.74) is 0.992. The molecule has 0 saturated carbocycles. The van der Waals surface area contributed by atoms with Crippen LogP contribution < -0.4 is 15.0 Å². The Hall–Kier alpha value is -2.56. The van der Waals surface area contributed by atoms with Gasteiger partial charge in [0.2, 0.25) is 5.91 Å². The van der Waals surface area contributed by atoms with E-state index in [0.29, 0.717) is 13.0 Å². The van der Waals surface area contributed by atoms with Crippen LogP contribution in [0, 0.1) is 0 Å². The van der Waals surface area contributed by atoms with Crippen LogP contribution >= 0.6 is 0 Å². The number of benzene rings is 1. The van der Waals surface area contributed by atoms with Gasteiger partial charge in [-0.1, -0.05) is 18.2 Å². The molecule has 1 N–H and O–H groups in total. The highest BCUT2D eigenvalue weighted by atomic mass is 16.5. The second-order valence-electron chi connectivity index (χ2n) is 5.61. The number of nitrogens with one attached hydrogen (secondary N) is 1. The second kappa shape index (κ2) is 7.13. The molecule has 0 radical (unpaired) electrons. The molecule has 1 aromatic carbocycles. The summed E-state index contributed by atoms with van der Waals surface area (Å²) in [5, 5.41) is 3.06. The first-order chi connectivity index (χ1) is 11.2. The lowest BCUT2D eigenvalue weighted by Gasteiger charge is -2.40. The van der Waals surface area contributed by atoms with Gasteiger partial charge in [0.15, 0.2) is 0 Å². The molecule has 5 nitrogen and oxygen atoms in total. The van der Waals surface area contributed by atoms with Gasteiger partial charge < -0.3 is 15.0 Å². The van der Waals surface area contributed by atoms with Crippen LogP contribution in [0.15, 0.2) is 48.7 Å². The summed E-state index contributed by atoms with van der Waals surface area (Å²) in [4.78, 5) is 18.6. The van der Waals surface area contributed by atoms with E-state index in [9.17, 15) is 4.79 Å². The van der Waals surface area contributed by atoms with E-state index in [-0.39, 0.29) is 11.9 Å². The average molecular weight is 311 g/mol. The van der Waals surface area contributed by atoms with Crippen molar-refractivity contribution in [2.75, 3.05) is 24.6 Å². The van der Waals surface area contributed by atoms with Crippen LogP contribution in [0.25, 0.3) is 0 Å². The number of aromatic nitrogens is 1. The van der Waals surface area contributed by atoms with Crippen molar-refractivity contribution in [3.63, 3.8) is 0 Å². The largest absolute Gasteiger partial charge is 0.494 e. The Balaban J connectivity index is 1.44. The van der Waals surface area contributed by atoms with Gasteiger partial charge in [-0.2, -0.15) is 0 Å². The highest BCUT2D eigenvalue weighted by Gasteiger charge is 2.28. The van der Waals surface area contributed by atoms with Crippen molar-refractivity contribution in [1.82, 2.24) is 10.3 Å². The summed E-state index contributed by atoms with van der Waals surface area (Å²) < 4.78 is 5.40. The number of pyridine rings is 1. The van der Waals surface area contributed by atoms with Gasteiger partial charge in [0.25, 0.3) is 0 Å².